The molecule has 5 heteroatoms. The first-order valence-electron chi connectivity index (χ1n) is 5.80. The molecule has 0 aliphatic carbocycles. The monoisotopic (exact) mass is 250 g/mol. The van der Waals surface area contributed by atoms with Gasteiger partial charge in [-0.25, -0.2) is 0 Å². The number of nitro groups is 1. The van der Waals surface area contributed by atoms with Gasteiger partial charge in [-0.2, -0.15) is 0 Å². The molecule has 98 valence electrons. The second-order valence-electron chi connectivity index (χ2n) is 4.00. The summed E-state index contributed by atoms with van der Waals surface area (Å²) in [5.74, 6) is 0.320. The molecule has 0 atom stereocenters. The van der Waals surface area contributed by atoms with Crippen molar-refractivity contribution in [3.05, 3.63) is 46.0 Å². The molecule has 0 spiro atoms. The third-order valence-electron chi connectivity index (χ3n) is 2.43. The fourth-order valence-corrected chi connectivity index (χ4v) is 1.50. The van der Waals surface area contributed by atoms with E-state index in [1.165, 1.54) is 6.07 Å². The molecule has 0 saturated carbocycles. The molecule has 1 rings (SSSR count). The molecule has 5 nitrogen and oxygen atoms in total. The highest BCUT2D eigenvalue weighted by Crippen LogP contribution is 2.30. The van der Waals surface area contributed by atoms with Crippen LogP contribution in [0.25, 0.3) is 0 Å². The van der Waals surface area contributed by atoms with E-state index in [1.807, 2.05) is 6.92 Å². The third kappa shape index (κ3) is 3.85. The topological polar surface area (TPSA) is 64.4 Å². The number of aryl methyl sites for hydroxylation is 1. The Bertz CT molecular complexity index is 444. The Balaban J connectivity index is 2.72. The van der Waals surface area contributed by atoms with Crippen LogP contribution in [0.2, 0.25) is 0 Å². The van der Waals surface area contributed by atoms with Gasteiger partial charge in [0.05, 0.1) is 4.92 Å². The first-order chi connectivity index (χ1) is 8.56. The molecular formula is C13H18N2O3. The quantitative estimate of drug-likeness (QED) is 0.458. The molecule has 1 N–H and O–H groups in total. The summed E-state index contributed by atoms with van der Waals surface area (Å²) in [6.07, 6.45) is 0. The summed E-state index contributed by atoms with van der Waals surface area (Å²) in [7, 11) is 0. The van der Waals surface area contributed by atoms with Gasteiger partial charge in [-0.05, 0) is 24.6 Å². The number of rotatable bonds is 7. The van der Waals surface area contributed by atoms with Crippen LogP contribution < -0.4 is 10.1 Å². The second-order valence-corrected chi connectivity index (χ2v) is 4.00. The highest BCUT2D eigenvalue weighted by Gasteiger charge is 2.16. The largest absolute Gasteiger partial charge is 0.482 e. The summed E-state index contributed by atoms with van der Waals surface area (Å²) in [5, 5.41) is 14.0. The van der Waals surface area contributed by atoms with Gasteiger partial charge in [0.15, 0.2) is 5.75 Å². The zero-order valence-corrected chi connectivity index (χ0v) is 10.7. The van der Waals surface area contributed by atoms with E-state index in [2.05, 4.69) is 11.9 Å². The molecule has 0 aliphatic rings. The molecule has 0 aliphatic heterocycles. The Morgan fingerprint density at radius 1 is 1.56 bits per heavy atom. The Morgan fingerprint density at radius 3 is 2.89 bits per heavy atom. The van der Waals surface area contributed by atoms with Crippen LogP contribution in [0.15, 0.2) is 30.4 Å². The van der Waals surface area contributed by atoms with Crippen molar-refractivity contribution < 1.29 is 9.66 Å². The van der Waals surface area contributed by atoms with E-state index >= 15 is 0 Å². The average molecular weight is 250 g/mol. The van der Waals surface area contributed by atoms with Gasteiger partial charge in [0, 0.05) is 12.6 Å². The van der Waals surface area contributed by atoms with Crippen molar-refractivity contribution in [2.24, 2.45) is 0 Å². The van der Waals surface area contributed by atoms with Crippen molar-refractivity contribution in [3.8, 4) is 5.75 Å². The number of nitrogens with one attached hydrogen (secondary N) is 1. The lowest BCUT2D eigenvalue weighted by Gasteiger charge is -2.11. The molecule has 0 saturated heterocycles. The molecule has 0 bridgehead atoms. The van der Waals surface area contributed by atoms with Crippen LogP contribution in [0.5, 0.6) is 5.75 Å². The van der Waals surface area contributed by atoms with Crippen molar-refractivity contribution in [1.82, 2.24) is 5.32 Å². The molecule has 0 unspecified atom stereocenters. The molecule has 0 fully saturated rings. The minimum atomic E-state index is -0.435. The molecule has 0 aromatic heterocycles. The predicted molar refractivity (Wildman–Crippen MR) is 71.0 cm³/mol. The summed E-state index contributed by atoms with van der Waals surface area (Å²) in [6.45, 7) is 9.42. The van der Waals surface area contributed by atoms with Crippen molar-refractivity contribution in [1.29, 1.82) is 0 Å². The maximum absolute atomic E-state index is 10.9. The molecular weight excluding hydrogens is 232 g/mol. The van der Waals surface area contributed by atoms with Gasteiger partial charge >= 0.3 is 5.69 Å². The Labute approximate surface area is 107 Å². The van der Waals surface area contributed by atoms with Crippen molar-refractivity contribution in [2.45, 2.75) is 13.8 Å². The summed E-state index contributed by atoms with van der Waals surface area (Å²) in [6, 6.07) is 4.87. The van der Waals surface area contributed by atoms with E-state index in [0.717, 1.165) is 17.7 Å². The Morgan fingerprint density at radius 2 is 2.28 bits per heavy atom. The van der Waals surface area contributed by atoms with Gasteiger partial charge in [0.25, 0.3) is 0 Å². The first-order valence-corrected chi connectivity index (χ1v) is 5.80. The van der Waals surface area contributed by atoms with E-state index in [1.54, 1.807) is 19.1 Å². The predicted octanol–water partition coefficient (Wildman–Crippen LogP) is 2.45. The Hall–Kier alpha value is -1.88. The van der Waals surface area contributed by atoms with Gasteiger partial charge in [-0.3, -0.25) is 10.1 Å². The van der Waals surface area contributed by atoms with Crippen LogP contribution in [0.1, 0.15) is 12.5 Å². The summed E-state index contributed by atoms with van der Waals surface area (Å²) in [5.41, 5.74) is 1.60. The summed E-state index contributed by atoms with van der Waals surface area (Å²) in [4.78, 5) is 10.4. The van der Waals surface area contributed by atoms with Crippen molar-refractivity contribution in [3.63, 3.8) is 0 Å². The van der Waals surface area contributed by atoms with Crippen molar-refractivity contribution >= 4 is 5.69 Å². The van der Waals surface area contributed by atoms with E-state index in [0.29, 0.717) is 12.3 Å². The number of likely N-dealkylation sites (N-methyl/N-ethyl adjacent to an activating group) is 1. The normalized spacial score (nSPS) is 10.1. The fourth-order valence-electron chi connectivity index (χ4n) is 1.50. The molecule has 1 aromatic rings. The lowest BCUT2D eigenvalue weighted by Crippen LogP contribution is -2.19. The smallest absolute Gasteiger partial charge is 0.311 e. The third-order valence-corrected chi connectivity index (χ3v) is 2.43. The standard InChI is InChI=1S/C13H18N2O3/c1-4-14-8-10(2)9-18-13-11(3)6-5-7-12(13)15(16)17/h5-7,14H,2,4,8-9H2,1,3H3. The van der Waals surface area contributed by atoms with Crippen molar-refractivity contribution in [2.75, 3.05) is 19.7 Å². The number of hydrogen-bond acceptors (Lipinski definition) is 4. The number of hydrogen-bond donors (Lipinski definition) is 1. The van der Waals surface area contributed by atoms with Crippen LogP contribution in [-0.2, 0) is 0 Å². The van der Waals surface area contributed by atoms with Crippen LogP contribution in [0.3, 0.4) is 0 Å². The molecule has 0 amide bonds. The molecule has 0 radical (unpaired) electrons. The fraction of sp³-hybridized carbons (Fsp3) is 0.385. The zero-order chi connectivity index (χ0) is 13.5. The summed E-state index contributed by atoms with van der Waals surface area (Å²) >= 11 is 0. The average Bonchev–Trinajstić information content (AvgIpc) is 2.34. The highest BCUT2D eigenvalue weighted by atomic mass is 16.6. The highest BCUT2D eigenvalue weighted by molar-refractivity contribution is 5.51. The van der Waals surface area contributed by atoms with Gasteiger partial charge in [0.1, 0.15) is 6.61 Å². The van der Waals surface area contributed by atoms with Crippen LogP contribution >= 0.6 is 0 Å². The number of ether oxygens (including phenoxy) is 1. The first kappa shape index (κ1) is 14.2. The van der Waals surface area contributed by atoms with Gasteiger partial charge in [-0.15, -0.1) is 0 Å². The molecule has 18 heavy (non-hydrogen) atoms. The molecule has 0 heterocycles. The van der Waals surface area contributed by atoms with Gasteiger partial charge in [-0.1, -0.05) is 25.6 Å². The van der Waals surface area contributed by atoms with E-state index < -0.39 is 4.92 Å². The minimum absolute atomic E-state index is 0.00810. The minimum Gasteiger partial charge on any atom is -0.482 e. The molecule has 1 aromatic carbocycles. The second kappa shape index (κ2) is 6.76. The van der Waals surface area contributed by atoms with Crippen LogP contribution in [0.4, 0.5) is 5.69 Å². The lowest BCUT2D eigenvalue weighted by atomic mass is 10.2. The zero-order valence-electron chi connectivity index (χ0n) is 10.7. The SMILES string of the molecule is C=C(CNCC)COc1c(C)cccc1[N+](=O)[O-]. The van der Waals surface area contributed by atoms with E-state index in [9.17, 15) is 10.1 Å². The number of benzene rings is 1. The number of para-hydroxylation sites is 1. The van der Waals surface area contributed by atoms with E-state index in [-0.39, 0.29) is 12.3 Å². The van der Waals surface area contributed by atoms with Gasteiger partial charge in [0.2, 0.25) is 0 Å². The maximum atomic E-state index is 10.9. The van der Waals surface area contributed by atoms with Crippen LogP contribution in [-0.4, -0.2) is 24.6 Å². The van der Waals surface area contributed by atoms with Gasteiger partial charge < -0.3 is 10.1 Å². The maximum Gasteiger partial charge on any atom is 0.311 e. The number of nitrogens with zero attached hydrogens (tertiary/aromatic N) is 1. The summed E-state index contributed by atoms with van der Waals surface area (Å²) < 4.78 is 5.51. The lowest BCUT2D eigenvalue weighted by molar-refractivity contribution is -0.385. The number of nitro benzene ring substituents is 1. The van der Waals surface area contributed by atoms with Crippen LogP contribution in [0, 0.1) is 17.0 Å². The van der Waals surface area contributed by atoms with E-state index in [4.69, 9.17) is 4.74 Å². The Kier molecular flexibility index (Phi) is 5.32.